The van der Waals surface area contributed by atoms with E-state index in [4.69, 9.17) is 0 Å². The Kier molecular flexibility index (Phi) is 3.59. The first-order chi connectivity index (χ1) is 9.33. The maximum Gasteiger partial charge on any atom is 0.265 e. The molecule has 2 aromatic rings. The third-order valence-corrected chi connectivity index (χ3v) is 4.28. The van der Waals surface area contributed by atoms with Gasteiger partial charge >= 0.3 is 0 Å². The molecule has 1 aliphatic heterocycles. The van der Waals surface area contributed by atoms with Gasteiger partial charge in [-0.2, -0.15) is 5.10 Å². The van der Waals surface area contributed by atoms with Crippen LogP contribution in [0.5, 0.6) is 0 Å². The Morgan fingerprint density at radius 2 is 2.53 bits per heavy atom. The normalized spacial score (nSPS) is 19.6. The van der Waals surface area contributed by atoms with Crippen LogP contribution in [-0.2, 0) is 6.42 Å². The minimum absolute atomic E-state index is 0.122. The lowest BCUT2D eigenvalue weighted by Crippen LogP contribution is -2.40. The van der Waals surface area contributed by atoms with E-state index < -0.39 is 0 Å². The van der Waals surface area contributed by atoms with Crippen LogP contribution >= 0.6 is 11.3 Å². The molecule has 0 spiro atoms. The summed E-state index contributed by atoms with van der Waals surface area (Å²) in [7, 11) is 0. The number of hydrogen-bond donors (Lipinski definition) is 1. The lowest BCUT2D eigenvalue weighted by Gasteiger charge is -2.32. The van der Waals surface area contributed by atoms with Crippen LogP contribution in [0.15, 0.2) is 24.0 Å². The van der Waals surface area contributed by atoms with Crippen LogP contribution in [0.3, 0.4) is 0 Å². The molecule has 0 aromatic carbocycles. The number of piperidine rings is 1. The van der Waals surface area contributed by atoms with Crippen molar-refractivity contribution in [2.24, 2.45) is 5.92 Å². The molecule has 6 heteroatoms. The number of hydrogen-bond acceptors (Lipinski definition) is 4. The van der Waals surface area contributed by atoms with Crippen molar-refractivity contribution in [1.82, 2.24) is 20.1 Å². The van der Waals surface area contributed by atoms with E-state index >= 15 is 0 Å². The number of nitrogens with one attached hydrogen (secondary N) is 1. The molecule has 0 saturated carbocycles. The summed E-state index contributed by atoms with van der Waals surface area (Å²) in [5.74, 6) is 0.642. The summed E-state index contributed by atoms with van der Waals surface area (Å²) in [6.45, 7) is 1.69. The van der Waals surface area contributed by atoms with Crippen molar-refractivity contribution in [1.29, 1.82) is 0 Å². The van der Waals surface area contributed by atoms with E-state index in [1.165, 1.54) is 17.8 Å². The molecule has 1 N–H and O–H groups in total. The van der Waals surface area contributed by atoms with E-state index in [2.05, 4.69) is 15.2 Å². The lowest BCUT2D eigenvalue weighted by molar-refractivity contribution is 0.0677. The minimum Gasteiger partial charge on any atom is -0.338 e. The fourth-order valence-electron chi connectivity index (χ4n) is 2.60. The molecule has 2 aromatic heterocycles. The number of rotatable bonds is 3. The number of H-pyrrole nitrogens is 1. The average Bonchev–Trinajstić information content (AvgIpc) is 3.11. The number of nitrogens with zero attached hydrogens (tertiary/aromatic N) is 3. The predicted octanol–water partition coefficient (Wildman–Crippen LogP) is 1.96. The van der Waals surface area contributed by atoms with Crippen LogP contribution in [-0.4, -0.2) is 39.1 Å². The van der Waals surface area contributed by atoms with Gasteiger partial charge < -0.3 is 4.90 Å². The summed E-state index contributed by atoms with van der Waals surface area (Å²) in [6, 6.07) is 2.00. The molecule has 1 atom stereocenters. The third-order valence-electron chi connectivity index (χ3n) is 3.52. The molecular weight excluding hydrogens is 260 g/mol. The van der Waals surface area contributed by atoms with Crippen molar-refractivity contribution in [2.45, 2.75) is 19.3 Å². The number of thiazole rings is 1. The molecule has 1 fully saturated rings. The Morgan fingerprint density at radius 3 is 3.26 bits per heavy atom. The Hall–Kier alpha value is -1.69. The van der Waals surface area contributed by atoms with Crippen molar-refractivity contribution in [3.63, 3.8) is 0 Å². The molecule has 0 unspecified atom stereocenters. The van der Waals surface area contributed by atoms with E-state index in [1.807, 2.05) is 11.0 Å². The number of carbonyl (C=O) groups is 1. The standard InChI is InChI=1S/C13H16N4OS/c18-13(12-7-14-9-19-12)17-5-1-2-10(8-17)6-11-3-4-15-16-11/h3-4,7,9-10H,1-2,5-6,8H2,(H,15,16)/t10-/m0/s1. The van der Waals surface area contributed by atoms with Gasteiger partial charge in [0.2, 0.25) is 0 Å². The minimum atomic E-state index is 0.122. The number of likely N-dealkylation sites (tertiary alicyclic amines) is 1. The second-order valence-corrected chi connectivity index (χ2v) is 5.80. The quantitative estimate of drug-likeness (QED) is 0.932. The van der Waals surface area contributed by atoms with Gasteiger partial charge in [-0.15, -0.1) is 11.3 Å². The zero-order chi connectivity index (χ0) is 13.1. The molecule has 0 aliphatic carbocycles. The van der Waals surface area contributed by atoms with Gasteiger partial charge in [-0.3, -0.25) is 14.9 Å². The fraction of sp³-hybridized carbons (Fsp3) is 0.462. The predicted molar refractivity (Wildman–Crippen MR) is 73.0 cm³/mol. The number of aromatic amines is 1. The van der Waals surface area contributed by atoms with Crippen molar-refractivity contribution >= 4 is 17.2 Å². The van der Waals surface area contributed by atoms with Gasteiger partial charge in [0.1, 0.15) is 4.88 Å². The highest BCUT2D eigenvalue weighted by Crippen LogP contribution is 2.22. The topological polar surface area (TPSA) is 61.9 Å². The van der Waals surface area contributed by atoms with E-state index in [-0.39, 0.29) is 5.91 Å². The smallest absolute Gasteiger partial charge is 0.265 e. The van der Waals surface area contributed by atoms with E-state index in [9.17, 15) is 4.79 Å². The zero-order valence-electron chi connectivity index (χ0n) is 10.6. The molecule has 3 rings (SSSR count). The highest BCUT2D eigenvalue weighted by molar-refractivity contribution is 7.11. The first kappa shape index (κ1) is 12.3. The molecule has 19 heavy (non-hydrogen) atoms. The SMILES string of the molecule is O=C(c1cncs1)N1CCC[C@@H](Cc2ccn[nH]2)C1. The summed E-state index contributed by atoms with van der Waals surface area (Å²) in [5.41, 5.74) is 2.86. The fourth-order valence-corrected chi connectivity index (χ4v) is 3.19. The Labute approximate surface area is 115 Å². The van der Waals surface area contributed by atoms with E-state index in [0.29, 0.717) is 5.92 Å². The van der Waals surface area contributed by atoms with Crippen molar-refractivity contribution in [2.75, 3.05) is 13.1 Å². The summed E-state index contributed by atoms with van der Waals surface area (Å²) in [5, 5.41) is 6.96. The Balaban J connectivity index is 1.63. The largest absolute Gasteiger partial charge is 0.338 e. The molecular formula is C13H16N4OS. The summed E-state index contributed by atoms with van der Waals surface area (Å²) >= 11 is 1.41. The van der Waals surface area contributed by atoms with Gasteiger partial charge in [-0.1, -0.05) is 0 Å². The highest BCUT2D eigenvalue weighted by Gasteiger charge is 2.25. The van der Waals surface area contributed by atoms with Gasteiger partial charge in [-0.25, -0.2) is 0 Å². The number of aromatic nitrogens is 3. The van der Waals surface area contributed by atoms with Gasteiger partial charge in [0, 0.05) is 25.0 Å². The summed E-state index contributed by atoms with van der Waals surface area (Å²) < 4.78 is 0. The van der Waals surface area contributed by atoms with Crippen LogP contribution in [0.2, 0.25) is 0 Å². The van der Waals surface area contributed by atoms with Gasteiger partial charge in [0.15, 0.2) is 0 Å². The summed E-state index contributed by atoms with van der Waals surface area (Å²) in [4.78, 5) is 19.0. The maximum absolute atomic E-state index is 12.3. The highest BCUT2D eigenvalue weighted by atomic mass is 32.1. The molecule has 1 saturated heterocycles. The van der Waals surface area contributed by atoms with Gasteiger partial charge in [0.25, 0.3) is 5.91 Å². The van der Waals surface area contributed by atoms with Crippen LogP contribution in [0.25, 0.3) is 0 Å². The van der Waals surface area contributed by atoms with Crippen LogP contribution in [0, 0.1) is 5.92 Å². The second kappa shape index (κ2) is 5.52. The zero-order valence-corrected chi connectivity index (χ0v) is 11.4. The van der Waals surface area contributed by atoms with Crippen LogP contribution < -0.4 is 0 Å². The Bertz CT molecular complexity index is 523. The van der Waals surface area contributed by atoms with E-state index in [1.54, 1.807) is 17.9 Å². The Morgan fingerprint density at radius 1 is 1.58 bits per heavy atom. The molecule has 1 amide bonds. The van der Waals surface area contributed by atoms with Gasteiger partial charge in [-0.05, 0) is 31.2 Å². The first-order valence-electron chi connectivity index (χ1n) is 6.49. The maximum atomic E-state index is 12.3. The third kappa shape index (κ3) is 2.84. The molecule has 1 aliphatic rings. The number of carbonyl (C=O) groups excluding carboxylic acids is 1. The van der Waals surface area contributed by atoms with Crippen LogP contribution in [0.4, 0.5) is 0 Å². The van der Waals surface area contributed by atoms with Crippen LogP contribution in [0.1, 0.15) is 28.2 Å². The van der Waals surface area contributed by atoms with Crippen molar-refractivity contribution in [3.05, 3.63) is 34.5 Å². The van der Waals surface area contributed by atoms with Crippen molar-refractivity contribution < 1.29 is 4.79 Å². The number of amides is 1. The molecule has 3 heterocycles. The van der Waals surface area contributed by atoms with Crippen molar-refractivity contribution in [3.8, 4) is 0 Å². The monoisotopic (exact) mass is 276 g/mol. The average molecular weight is 276 g/mol. The second-order valence-electron chi connectivity index (χ2n) is 4.91. The molecule has 0 radical (unpaired) electrons. The first-order valence-corrected chi connectivity index (χ1v) is 7.37. The van der Waals surface area contributed by atoms with E-state index in [0.717, 1.165) is 36.5 Å². The molecule has 100 valence electrons. The van der Waals surface area contributed by atoms with Gasteiger partial charge in [0.05, 0.1) is 11.7 Å². The molecule has 5 nitrogen and oxygen atoms in total. The summed E-state index contributed by atoms with van der Waals surface area (Å²) in [6.07, 6.45) is 6.64. The molecule has 0 bridgehead atoms. The lowest BCUT2D eigenvalue weighted by atomic mass is 9.93.